The molecule has 0 aromatic heterocycles. The van der Waals surface area contributed by atoms with Crippen molar-refractivity contribution in [3.63, 3.8) is 0 Å². The van der Waals surface area contributed by atoms with E-state index in [-0.39, 0.29) is 0 Å². The van der Waals surface area contributed by atoms with Gasteiger partial charge in [0, 0.05) is 5.70 Å². The zero-order chi connectivity index (χ0) is 7.28. The van der Waals surface area contributed by atoms with Gasteiger partial charge < -0.3 is 0 Å². The normalized spacial score (nSPS) is 12.6. The van der Waals surface area contributed by atoms with Crippen LogP contribution in [-0.2, 0) is 0 Å². The van der Waals surface area contributed by atoms with Gasteiger partial charge in [-0.1, -0.05) is 0 Å². The Morgan fingerprint density at radius 3 is 2.56 bits per heavy atom. The van der Waals surface area contributed by atoms with Crippen LogP contribution in [0.1, 0.15) is 6.92 Å². The second-order valence-corrected chi connectivity index (χ2v) is 3.08. The third-order valence-corrected chi connectivity index (χ3v) is 1.18. The highest BCUT2D eigenvalue weighted by molar-refractivity contribution is 14.1. The summed E-state index contributed by atoms with van der Waals surface area (Å²) in [6.07, 6.45) is 1.70. The predicted octanol–water partition coefficient (Wildman–Crippen LogP) is 2.77. The molecular weight excluding hydrogens is 342 g/mol. The van der Waals surface area contributed by atoms with Crippen LogP contribution in [0.25, 0.3) is 0 Å². The molecule has 4 heteroatoms. The van der Waals surface area contributed by atoms with Gasteiger partial charge in [-0.3, -0.25) is 10.4 Å². The fourth-order valence-electron chi connectivity index (χ4n) is 0.298. The second-order valence-electron chi connectivity index (χ2n) is 1.36. The first kappa shape index (κ1) is 9.54. The van der Waals surface area contributed by atoms with E-state index in [9.17, 15) is 0 Å². The first-order chi connectivity index (χ1) is 4.16. The molecule has 50 valence electrons. The number of aliphatic imine (C=N–C) groups is 1. The highest BCUT2D eigenvalue weighted by Crippen LogP contribution is 1.98. The first-order valence-electron chi connectivity index (χ1n) is 2.22. The number of rotatable bonds is 2. The number of nitrogens with zero attached hydrogens (tertiary/aromatic N) is 1. The Bertz CT molecular complexity index is 160. The Labute approximate surface area is 81.6 Å². The summed E-state index contributed by atoms with van der Waals surface area (Å²) >= 11 is 3.97. The van der Waals surface area contributed by atoms with Gasteiger partial charge in [-0.15, -0.1) is 0 Å². The van der Waals surface area contributed by atoms with E-state index in [0.29, 0.717) is 3.72 Å². The quantitative estimate of drug-likeness (QED) is 0.589. The van der Waals surface area contributed by atoms with Crippen LogP contribution >= 0.6 is 45.2 Å². The van der Waals surface area contributed by atoms with Crippen molar-refractivity contribution in [2.75, 3.05) is 0 Å². The highest BCUT2D eigenvalue weighted by Gasteiger charge is 1.83. The summed E-state index contributed by atoms with van der Waals surface area (Å²) in [5.74, 6) is 0. The minimum Gasteiger partial charge on any atom is -0.294 e. The fourth-order valence-corrected chi connectivity index (χ4v) is 1.19. The zero-order valence-corrected chi connectivity index (χ0v) is 9.17. The Morgan fingerprint density at radius 1 is 1.67 bits per heavy atom. The topological polar surface area (TPSA) is 36.2 Å². The van der Waals surface area contributed by atoms with Gasteiger partial charge in [0.15, 0.2) is 0 Å². The molecule has 0 saturated carbocycles. The summed E-state index contributed by atoms with van der Waals surface area (Å²) in [7, 11) is 0. The number of nitrogens with one attached hydrogen (secondary N) is 1. The summed E-state index contributed by atoms with van der Waals surface area (Å²) < 4.78 is 2.19. The van der Waals surface area contributed by atoms with Gasteiger partial charge >= 0.3 is 0 Å². The van der Waals surface area contributed by atoms with Crippen LogP contribution in [-0.4, -0.2) is 7.94 Å². The molecule has 0 amide bonds. The molecule has 0 aromatic rings. The van der Waals surface area contributed by atoms with Gasteiger partial charge in [0.2, 0.25) is 0 Å². The lowest BCUT2D eigenvalue weighted by atomic mass is 10.5. The summed E-state index contributed by atoms with van der Waals surface area (Å²) in [6.45, 7) is 1.86. The summed E-state index contributed by atoms with van der Waals surface area (Å²) in [5.41, 5.74) is 0.865. The van der Waals surface area contributed by atoms with E-state index in [1.54, 1.807) is 10.3 Å². The molecule has 0 rings (SSSR count). The number of hydrogen-bond donors (Lipinski definition) is 1. The van der Waals surface area contributed by atoms with Crippen LogP contribution in [0.15, 0.2) is 16.8 Å². The molecule has 0 spiro atoms. The van der Waals surface area contributed by atoms with E-state index >= 15 is 0 Å². The van der Waals surface area contributed by atoms with Crippen molar-refractivity contribution in [3.8, 4) is 0 Å². The van der Waals surface area contributed by atoms with Crippen LogP contribution in [0, 0.1) is 5.41 Å². The fraction of sp³-hybridized carbons (Fsp3) is 0.200. The van der Waals surface area contributed by atoms with Crippen LogP contribution in [0.4, 0.5) is 0 Å². The van der Waals surface area contributed by atoms with E-state index in [0.717, 1.165) is 5.70 Å². The lowest BCUT2D eigenvalue weighted by Crippen LogP contribution is -1.75. The van der Waals surface area contributed by atoms with Crippen molar-refractivity contribution >= 4 is 53.1 Å². The third-order valence-electron chi connectivity index (χ3n) is 0.588. The molecular formula is C5H6I2N2. The zero-order valence-electron chi connectivity index (χ0n) is 4.86. The lowest BCUT2D eigenvalue weighted by Gasteiger charge is -1.85. The van der Waals surface area contributed by atoms with Gasteiger partial charge in [-0.2, -0.15) is 0 Å². The molecule has 0 atom stereocenters. The largest absolute Gasteiger partial charge is 0.294 e. The summed E-state index contributed by atoms with van der Waals surface area (Å²) in [4.78, 5) is 3.94. The highest BCUT2D eigenvalue weighted by atomic mass is 127. The smallest absolute Gasteiger partial charge is 0.0937 e. The second kappa shape index (κ2) is 5.33. The Kier molecular flexibility index (Phi) is 5.65. The summed E-state index contributed by atoms with van der Waals surface area (Å²) in [6, 6.07) is 0. The van der Waals surface area contributed by atoms with Crippen molar-refractivity contribution < 1.29 is 0 Å². The maximum atomic E-state index is 7.04. The van der Waals surface area contributed by atoms with Crippen LogP contribution < -0.4 is 0 Å². The molecule has 1 N–H and O–H groups in total. The first-order valence-corrected chi connectivity index (χ1v) is 4.54. The maximum absolute atomic E-state index is 7.04. The van der Waals surface area contributed by atoms with E-state index in [1.165, 1.54) is 0 Å². The SMILES string of the molecule is CC(=CC(=N)I)N=CI. The predicted molar refractivity (Wildman–Crippen MR) is 58.0 cm³/mol. The van der Waals surface area contributed by atoms with Gasteiger partial charge in [0.25, 0.3) is 0 Å². The lowest BCUT2D eigenvalue weighted by molar-refractivity contribution is 1.33. The molecule has 0 aliphatic heterocycles. The molecule has 0 radical (unpaired) electrons. The number of allylic oxidation sites excluding steroid dienone is 2. The molecule has 0 aromatic carbocycles. The van der Waals surface area contributed by atoms with Gasteiger partial charge in [-0.25, -0.2) is 0 Å². The van der Waals surface area contributed by atoms with Gasteiger partial charge in [-0.05, 0) is 58.2 Å². The Morgan fingerprint density at radius 2 is 2.22 bits per heavy atom. The average Bonchev–Trinajstić information content (AvgIpc) is 1.63. The Hall–Kier alpha value is 0.540. The maximum Gasteiger partial charge on any atom is 0.0937 e. The van der Waals surface area contributed by atoms with Crippen molar-refractivity contribution in [1.29, 1.82) is 5.41 Å². The molecule has 0 saturated heterocycles. The standard InChI is InChI=1S/C5H6I2N2/c1-4(9-3-6)2-5(7)8/h2-3,8H,1H3. The molecule has 0 aliphatic carbocycles. The van der Waals surface area contributed by atoms with Crippen molar-refractivity contribution in [3.05, 3.63) is 11.8 Å². The minimum atomic E-state index is 0.507. The van der Waals surface area contributed by atoms with E-state index < -0.39 is 0 Å². The van der Waals surface area contributed by atoms with E-state index in [4.69, 9.17) is 5.41 Å². The van der Waals surface area contributed by atoms with Gasteiger partial charge in [0.05, 0.1) is 7.94 Å². The van der Waals surface area contributed by atoms with Crippen molar-refractivity contribution in [2.24, 2.45) is 4.99 Å². The number of halogens is 2. The molecule has 0 fully saturated rings. The molecule has 0 unspecified atom stereocenters. The Balaban J connectivity index is 4.00. The van der Waals surface area contributed by atoms with Crippen LogP contribution in [0.3, 0.4) is 0 Å². The minimum absolute atomic E-state index is 0.507. The van der Waals surface area contributed by atoms with Crippen molar-refractivity contribution in [1.82, 2.24) is 0 Å². The van der Waals surface area contributed by atoms with Crippen LogP contribution in [0.5, 0.6) is 0 Å². The molecule has 0 aliphatic rings. The van der Waals surface area contributed by atoms with Crippen molar-refractivity contribution in [2.45, 2.75) is 6.92 Å². The number of hydrogen-bond acceptors (Lipinski definition) is 2. The molecule has 0 bridgehead atoms. The monoisotopic (exact) mass is 348 g/mol. The van der Waals surface area contributed by atoms with E-state index in [2.05, 4.69) is 4.99 Å². The van der Waals surface area contributed by atoms with Gasteiger partial charge in [0.1, 0.15) is 0 Å². The average molecular weight is 348 g/mol. The summed E-state index contributed by atoms with van der Waals surface area (Å²) in [5, 5.41) is 7.04. The van der Waals surface area contributed by atoms with E-state index in [1.807, 2.05) is 52.1 Å². The molecule has 2 nitrogen and oxygen atoms in total. The van der Waals surface area contributed by atoms with Crippen LogP contribution in [0.2, 0.25) is 0 Å². The third kappa shape index (κ3) is 6.42. The molecule has 0 heterocycles. The molecule has 9 heavy (non-hydrogen) atoms.